The van der Waals surface area contributed by atoms with Crippen LogP contribution in [0, 0.1) is 0 Å². The lowest BCUT2D eigenvalue weighted by Crippen LogP contribution is -2.51. The smallest absolute Gasteiger partial charge is 0.329 e. The highest BCUT2D eigenvalue weighted by molar-refractivity contribution is 6.45. The van der Waals surface area contributed by atoms with E-state index in [0.717, 1.165) is 54.3 Å². The maximum Gasteiger partial charge on any atom is 0.329 e. The van der Waals surface area contributed by atoms with E-state index < -0.39 is 47.7 Å². The van der Waals surface area contributed by atoms with Crippen LogP contribution >= 0.6 is 0 Å². The fourth-order valence-electron chi connectivity index (χ4n) is 16.9. The number of fused-ring (bicyclic) bond motifs is 2. The van der Waals surface area contributed by atoms with Gasteiger partial charge in [0.15, 0.2) is 0 Å². The van der Waals surface area contributed by atoms with Crippen molar-refractivity contribution in [2.45, 2.75) is 88.9 Å². The van der Waals surface area contributed by atoms with Crippen molar-refractivity contribution in [3.05, 3.63) is 265 Å². The molecule has 0 bridgehead atoms. The molecule has 120 heavy (non-hydrogen) atoms. The van der Waals surface area contributed by atoms with Crippen LogP contribution in [-0.2, 0) is 38.0 Å². The number of imide groups is 2. The van der Waals surface area contributed by atoms with Crippen LogP contribution in [0.1, 0.15) is 93.8 Å². The van der Waals surface area contributed by atoms with E-state index in [1.807, 2.05) is 232 Å². The SMILES string of the molecule is CCCCC(C(=O)OCCN(CC1CO1)CC1CO1)N1C(=O)c2cc(Oc3ccc(-c4ccccc4)cc3)c3c4c(Oc5ccc(-c6ccccc6)cc5)cc5c6c(cc(Oc7ccc(-c8ccccc8)cc7)c(c7c(Oc8ccc(-c9ccccc9)cc8)cc(c2c37)C1=O)c64)C(=O)N(C(CCCC)C(=O)OCCN(CC1CO1)CC1CO1)C5=O. The number of hydrogen-bond donors (Lipinski definition) is 0. The predicted molar refractivity (Wildman–Crippen MR) is 457 cm³/mol. The first kappa shape index (κ1) is 77.3. The van der Waals surface area contributed by atoms with Crippen molar-refractivity contribution in [2.24, 2.45) is 0 Å². The van der Waals surface area contributed by atoms with Crippen molar-refractivity contribution in [1.82, 2.24) is 19.6 Å². The van der Waals surface area contributed by atoms with Crippen molar-refractivity contribution < 1.29 is 76.1 Å². The molecule has 13 aromatic carbocycles. The van der Waals surface area contributed by atoms with Crippen LogP contribution in [0.2, 0.25) is 0 Å². The molecule has 6 atom stereocenters. The minimum absolute atomic E-state index is 0.00757. The molecule has 0 aliphatic carbocycles. The van der Waals surface area contributed by atoms with Crippen LogP contribution < -0.4 is 18.9 Å². The monoisotopic (exact) mass is 1600 g/mol. The number of carbonyl (C=O) groups excluding carboxylic acids is 6. The number of benzene rings is 13. The molecule has 0 radical (unpaired) electrons. The van der Waals surface area contributed by atoms with Crippen LogP contribution in [0.15, 0.2) is 243 Å². The highest BCUT2D eigenvalue weighted by atomic mass is 16.6. The van der Waals surface area contributed by atoms with Crippen molar-refractivity contribution in [2.75, 3.05) is 78.9 Å². The largest absolute Gasteiger partial charge is 0.463 e. The summed E-state index contributed by atoms with van der Waals surface area (Å²) in [5.41, 5.74) is 7.41. The van der Waals surface area contributed by atoms with Gasteiger partial charge in [-0.25, -0.2) is 9.59 Å². The summed E-state index contributed by atoms with van der Waals surface area (Å²) >= 11 is 0. The van der Waals surface area contributed by atoms with Crippen molar-refractivity contribution in [3.63, 3.8) is 0 Å². The van der Waals surface area contributed by atoms with Gasteiger partial charge >= 0.3 is 11.9 Å². The van der Waals surface area contributed by atoms with Crippen LogP contribution in [0.5, 0.6) is 46.0 Å². The van der Waals surface area contributed by atoms with Gasteiger partial charge in [-0.05, 0) is 130 Å². The second kappa shape index (κ2) is 33.6. The summed E-state index contributed by atoms with van der Waals surface area (Å²) in [7, 11) is 0. The minimum atomic E-state index is -1.40. The van der Waals surface area contributed by atoms with E-state index in [1.54, 1.807) is 24.3 Å². The Morgan fingerprint density at radius 1 is 0.333 bits per heavy atom. The summed E-state index contributed by atoms with van der Waals surface area (Å²) in [6.07, 6.45) is 2.51. The number of ether oxygens (including phenoxy) is 10. The third-order valence-electron chi connectivity index (χ3n) is 23.3. The first-order chi connectivity index (χ1) is 58.9. The molecular weight excluding hydrogens is 1510 g/mol. The maximum absolute atomic E-state index is 16.7. The van der Waals surface area contributed by atoms with Gasteiger partial charge in [-0.1, -0.05) is 209 Å². The molecule has 0 N–H and O–H groups in total. The van der Waals surface area contributed by atoms with Gasteiger partial charge in [-0.2, -0.15) is 0 Å². The molecule has 4 fully saturated rings. The topological polar surface area (TPSA) is 221 Å². The molecular formula is C100H88N4O16. The summed E-state index contributed by atoms with van der Waals surface area (Å²) in [5, 5.41) is 2.05. The molecule has 13 aromatic rings. The molecule has 6 aliphatic rings. The highest BCUT2D eigenvalue weighted by Crippen LogP contribution is 2.59. The van der Waals surface area contributed by atoms with Gasteiger partial charge in [0, 0.05) is 82.4 Å². The first-order valence-corrected chi connectivity index (χ1v) is 41.6. The lowest BCUT2D eigenvalue weighted by atomic mass is 9.80. The zero-order chi connectivity index (χ0) is 81.5. The Bertz CT molecular complexity index is 5330. The molecule has 6 aliphatic heterocycles. The van der Waals surface area contributed by atoms with Crippen molar-refractivity contribution >= 4 is 78.7 Å². The normalized spacial score (nSPS) is 17.5. The fourth-order valence-corrected chi connectivity index (χ4v) is 16.9. The number of carbonyl (C=O) groups is 6. The number of hydrogen-bond acceptors (Lipinski definition) is 18. The van der Waals surface area contributed by atoms with Gasteiger partial charge in [0.1, 0.15) is 71.3 Å². The minimum Gasteiger partial charge on any atom is -0.463 e. The summed E-state index contributed by atoms with van der Waals surface area (Å²) < 4.78 is 64.8. The van der Waals surface area contributed by atoms with Crippen molar-refractivity contribution in [3.8, 4) is 90.5 Å². The third-order valence-corrected chi connectivity index (χ3v) is 23.3. The number of rotatable bonds is 36. The van der Waals surface area contributed by atoms with Gasteiger partial charge in [-0.3, -0.25) is 38.8 Å². The number of nitrogens with zero attached hydrogens (tertiary/aromatic N) is 4. The van der Waals surface area contributed by atoms with Crippen LogP contribution in [0.25, 0.3) is 87.6 Å². The van der Waals surface area contributed by atoms with Crippen LogP contribution in [0.3, 0.4) is 0 Å². The van der Waals surface area contributed by atoms with Gasteiger partial charge in [0.05, 0.1) is 73.1 Å². The van der Waals surface area contributed by atoms with E-state index in [0.29, 0.717) is 114 Å². The molecule has 0 spiro atoms. The van der Waals surface area contributed by atoms with E-state index in [4.69, 9.17) is 47.4 Å². The van der Waals surface area contributed by atoms with E-state index in [1.165, 1.54) is 0 Å². The average molecular weight is 1600 g/mol. The second-order valence-corrected chi connectivity index (χ2v) is 31.6. The van der Waals surface area contributed by atoms with Crippen LogP contribution in [-0.4, -0.2) is 171 Å². The van der Waals surface area contributed by atoms with E-state index in [2.05, 4.69) is 9.80 Å². The Labute approximate surface area is 693 Å². The molecule has 19 rings (SSSR count). The molecule has 0 saturated carbocycles. The molecule has 4 amide bonds. The molecule has 0 aromatic heterocycles. The Morgan fingerprint density at radius 3 is 0.792 bits per heavy atom. The maximum atomic E-state index is 16.7. The molecule has 6 unspecified atom stereocenters. The zero-order valence-electron chi connectivity index (χ0n) is 66.6. The predicted octanol–water partition coefficient (Wildman–Crippen LogP) is 19.2. The second-order valence-electron chi connectivity index (χ2n) is 31.6. The van der Waals surface area contributed by atoms with E-state index >= 15 is 28.8 Å². The quantitative estimate of drug-likeness (QED) is 0.0117. The lowest BCUT2D eigenvalue weighted by Gasteiger charge is -2.35. The molecule has 20 heteroatoms. The van der Waals surface area contributed by atoms with Crippen molar-refractivity contribution in [1.29, 1.82) is 0 Å². The fraction of sp³-hybridized carbons (Fsp3) is 0.260. The first-order valence-electron chi connectivity index (χ1n) is 41.6. The third kappa shape index (κ3) is 16.0. The van der Waals surface area contributed by atoms with Crippen LogP contribution in [0.4, 0.5) is 0 Å². The highest BCUT2D eigenvalue weighted by Gasteiger charge is 2.47. The molecule has 4 saturated heterocycles. The standard InChI is InChI=1S/C100H88N4O16/c1-3-5-27-81(99(109)111-47-45-101(53-73-57-113-73)54-74-58-114-74)103-95(105)77-49-83(117-69-37-29-65(30-38-69)61-19-11-7-12-20-61)89-91-85(119-71-41-33-67(34-42-71)63-23-15-9-16-24-63)51-79-88-80(98(108)104(97(79)107)82(28-6-4-2)100(110)112-48-46-102(55-75-59-115-75)56-76-60-116-76)52-86(120-72-43-35-68(36-44-72)64-25-17-10-18-26-64)92(94(88)91)90-84(50-78(96(103)106)87(77)93(89)90)118-70-39-31-66(32-40-70)62-21-13-8-14-22-62/h7-26,29-44,49-52,73-76,81-82H,3-6,27-28,45-48,53-60H2,1-2H3. The van der Waals surface area contributed by atoms with Gasteiger partial charge < -0.3 is 47.4 Å². The number of esters is 2. The summed E-state index contributed by atoms with van der Waals surface area (Å²) in [4.78, 5) is 104. The van der Waals surface area contributed by atoms with Gasteiger partial charge in [-0.15, -0.1) is 0 Å². The Balaban J connectivity index is 0.868. The van der Waals surface area contributed by atoms with E-state index in [-0.39, 0.29) is 139 Å². The molecule has 20 nitrogen and oxygen atoms in total. The summed E-state index contributed by atoms with van der Waals surface area (Å²) in [6, 6.07) is 73.5. The Hall–Kier alpha value is -12.7. The number of amides is 4. The van der Waals surface area contributed by atoms with E-state index in [9.17, 15) is 0 Å². The molecule has 6 heterocycles. The number of unbranched alkanes of at least 4 members (excludes halogenated alkanes) is 2. The Kier molecular flexibility index (Phi) is 21.6. The summed E-state index contributed by atoms with van der Waals surface area (Å²) in [5.74, 6) is -2.99. The number of epoxide rings is 4. The lowest BCUT2D eigenvalue weighted by molar-refractivity contribution is -0.149. The molecule has 604 valence electrons. The average Bonchev–Trinajstić information content (AvgIpc) is 0.802. The van der Waals surface area contributed by atoms with Gasteiger partial charge in [0.25, 0.3) is 23.6 Å². The Morgan fingerprint density at radius 2 is 0.567 bits per heavy atom. The zero-order valence-corrected chi connectivity index (χ0v) is 66.6. The summed E-state index contributed by atoms with van der Waals surface area (Å²) in [6.45, 7) is 9.63. The van der Waals surface area contributed by atoms with Gasteiger partial charge in [0.2, 0.25) is 0 Å².